The Labute approximate surface area is 142 Å². The van der Waals surface area contributed by atoms with E-state index in [2.05, 4.69) is 27.8 Å². The molecule has 0 fully saturated rings. The fourth-order valence-corrected chi connectivity index (χ4v) is 2.41. The van der Waals surface area contributed by atoms with Crippen molar-refractivity contribution in [2.24, 2.45) is 4.99 Å². The summed E-state index contributed by atoms with van der Waals surface area (Å²) in [5.74, 6) is 0.520. The van der Waals surface area contributed by atoms with Gasteiger partial charge in [0.1, 0.15) is 5.82 Å². The van der Waals surface area contributed by atoms with E-state index >= 15 is 0 Å². The fraction of sp³-hybridized carbons (Fsp3) is 0.316. The lowest BCUT2D eigenvalue weighted by Crippen LogP contribution is -2.36. The van der Waals surface area contributed by atoms with Crippen molar-refractivity contribution in [1.29, 1.82) is 0 Å². The van der Waals surface area contributed by atoms with Crippen LogP contribution in [0.15, 0.2) is 47.5 Å². The fourth-order valence-electron chi connectivity index (χ4n) is 2.41. The Bertz CT molecular complexity index is 701. The minimum Gasteiger partial charge on any atom is -0.380 e. The highest BCUT2D eigenvalue weighted by molar-refractivity contribution is 5.79. The lowest BCUT2D eigenvalue weighted by molar-refractivity contribution is 0.185. The quantitative estimate of drug-likeness (QED) is 0.632. The van der Waals surface area contributed by atoms with Crippen molar-refractivity contribution in [2.75, 3.05) is 14.2 Å². The van der Waals surface area contributed by atoms with Gasteiger partial charge in [-0.05, 0) is 35.2 Å². The van der Waals surface area contributed by atoms with Crippen LogP contribution < -0.4 is 10.6 Å². The maximum atomic E-state index is 13.3. The molecular weight excluding hydrogens is 305 g/mol. The van der Waals surface area contributed by atoms with Gasteiger partial charge in [-0.25, -0.2) is 4.39 Å². The zero-order valence-electron chi connectivity index (χ0n) is 14.4. The zero-order valence-corrected chi connectivity index (χ0v) is 14.4. The average Bonchev–Trinajstić information content (AvgIpc) is 2.59. The second kappa shape index (κ2) is 9.03. The van der Waals surface area contributed by atoms with E-state index in [1.165, 1.54) is 6.07 Å². The Morgan fingerprint density at radius 2 is 1.71 bits per heavy atom. The highest BCUT2D eigenvalue weighted by Crippen LogP contribution is 2.09. The van der Waals surface area contributed by atoms with Gasteiger partial charge >= 0.3 is 0 Å². The first-order valence-corrected chi connectivity index (χ1v) is 7.88. The van der Waals surface area contributed by atoms with Crippen LogP contribution >= 0.6 is 0 Å². The molecule has 128 valence electrons. The number of guanidine groups is 1. The lowest BCUT2D eigenvalue weighted by Gasteiger charge is -2.13. The SMILES string of the molecule is CN=C(NCc1cccc(COC)c1)NCc1ccc(F)c(C)c1. The second-order valence-corrected chi connectivity index (χ2v) is 5.62. The van der Waals surface area contributed by atoms with Gasteiger partial charge in [-0.2, -0.15) is 0 Å². The maximum absolute atomic E-state index is 13.3. The Kier molecular flexibility index (Phi) is 6.75. The van der Waals surface area contributed by atoms with E-state index in [-0.39, 0.29) is 5.82 Å². The number of rotatable bonds is 6. The third-order valence-corrected chi connectivity index (χ3v) is 3.67. The Morgan fingerprint density at radius 1 is 1.04 bits per heavy atom. The maximum Gasteiger partial charge on any atom is 0.191 e. The monoisotopic (exact) mass is 329 g/mol. The van der Waals surface area contributed by atoms with Crippen LogP contribution in [-0.4, -0.2) is 20.1 Å². The molecular formula is C19H24FN3O. The summed E-state index contributed by atoms with van der Waals surface area (Å²) in [6.45, 7) is 3.62. The van der Waals surface area contributed by atoms with Gasteiger partial charge in [-0.3, -0.25) is 4.99 Å². The molecule has 0 saturated heterocycles. The molecule has 5 heteroatoms. The molecule has 0 spiro atoms. The van der Waals surface area contributed by atoms with Gasteiger partial charge in [0.05, 0.1) is 6.61 Å². The average molecular weight is 329 g/mol. The summed E-state index contributed by atoms with van der Waals surface area (Å²) >= 11 is 0. The van der Waals surface area contributed by atoms with Crippen LogP contribution in [0.2, 0.25) is 0 Å². The predicted molar refractivity (Wildman–Crippen MR) is 95.3 cm³/mol. The molecule has 0 aliphatic rings. The highest BCUT2D eigenvalue weighted by Gasteiger charge is 2.02. The van der Waals surface area contributed by atoms with Gasteiger partial charge in [0, 0.05) is 27.2 Å². The molecule has 0 aliphatic heterocycles. The number of nitrogens with zero attached hydrogens (tertiary/aromatic N) is 1. The van der Waals surface area contributed by atoms with Crippen molar-refractivity contribution < 1.29 is 9.13 Å². The summed E-state index contributed by atoms with van der Waals surface area (Å²) in [6.07, 6.45) is 0. The van der Waals surface area contributed by atoms with E-state index in [0.29, 0.717) is 31.2 Å². The molecule has 4 nitrogen and oxygen atoms in total. The van der Waals surface area contributed by atoms with E-state index < -0.39 is 0 Å². The number of aliphatic imine (C=N–C) groups is 1. The molecule has 2 aromatic rings. The van der Waals surface area contributed by atoms with Crippen LogP contribution in [0.4, 0.5) is 4.39 Å². The van der Waals surface area contributed by atoms with Crippen molar-refractivity contribution >= 4 is 5.96 Å². The van der Waals surface area contributed by atoms with E-state index in [4.69, 9.17) is 4.74 Å². The summed E-state index contributed by atoms with van der Waals surface area (Å²) in [4.78, 5) is 4.21. The Hall–Kier alpha value is -2.40. The zero-order chi connectivity index (χ0) is 17.4. The number of aryl methyl sites for hydroxylation is 1. The number of methoxy groups -OCH3 is 1. The molecule has 24 heavy (non-hydrogen) atoms. The smallest absolute Gasteiger partial charge is 0.191 e. The Morgan fingerprint density at radius 3 is 2.33 bits per heavy atom. The highest BCUT2D eigenvalue weighted by atomic mass is 19.1. The van der Waals surface area contributed by atoms with Crippen LogP contribution in [0.1, 0.15) is 22.3 Å². The van der Waals surface area contributed by atoms with Crippen molar-refractivity contribution in [1.82, 2.24) is 10.6 Å². The van der Waals surface area contributed by atoms with Crippen molar-refractivity contribution in [2.45, 2.75) is 26.6 Å². The van der Waals surface area contributed by atoms with Crippen LogP contribution in [0, 0.1) is 12.7 Å². The number of hydrogen-bond acceptors (Lipinski definition) is 2. The molecule has 0 radical (unpaired) electrons. The number of nitrogens with one attached hydrogen (secondary N) is 2. The normalized spacial score (nSPS) is 11.4. The molecule has 2 rings (SSSR count). The molecule has 0 saturated carbocycles. The third-order valence-electron chi connectivity index (χ3n) is 3.67. The first kappa shape index (κ1) is 17.9. The largest absolute Gasteiger partial charge is 0.380 e. The number of benzene rings is 2. The summed E-state index contributed by atoms with van der Waals surface area (Å²) in [5.41, 5.74) is 3.96. The minimum atomic E-state index is -0.183. The van der Waals surface area contributed by atoms with Gasteiger partial charge in [0.15, 0.2) is 5.96 Å². The van der Waals surface area contributed by atoms with Gasteiger partial charge in [-0.1, -0.05) is 36.4 Å². The number of hydrogen-bond donors (Lipinski definition) is 2. The van der Waals surface area contributed by atoms with Crippen molar-refractivity contribution in [3.05, 3.63) is 70.5 Å². The van der Waals surface area contributed by atoms with E-state index in [9.17, 15) is 4.39 Å². The molecule has 0 bridgehead atoms. The third kappa shape index (κ3) is 5.35. The summed E-state index contributed by atoms with van der Waals surface area (Å²) in [7, 11) is 3.42. The second-order valence-electron chi connectivity index (χ2n) is 5.62. The van der Waals surface area contributed by atoms with Gasteiger partial charge in [0.2, 0.25) is 0 Å². The predicted octanol–water partition coefficient (Wildman–Crippen LogP) is 3.15. The van der Waals surface area contributed by atoms with E-state index in [0.717, 1.165) is 16.7 Å². The summed E-state index contributed by atoms with van der Waals surface area (Å²) < 4.78 is 18.4. The van der Waals surface area contributed by atoms with Gasteiger partial charge < -0.3 is 15.4 Å². The minimum absolute atomic E-state index is 0.183. The van der Waals surface area contributed by atoms with Crippen molar-refractivity contribution in [3.63, 3.8) is 0 Å². The topological polar surface area (TPSA) is 45.7 Å². The number of ether oxygens (including phenoxy) is 1. The van der Waals surface area contributed by atoms with Crippen LogP contribution in [0.3, 0.4) is 0 Å². The van der Waals surface area contributed by atoms with E-state index in [1.807, 2.05) is 18.2 Å². The molecule has 2 aromatic carbocycles. The summed E-state index contributed by atoms with van der Waals surface area (Å²) in [6, 6.07) is 13.3. The van der Waals surface area contributed by atoms with Crippen molar-refractivity contribution in [3.8, 4) is 0 Å². The molecule has 2 N–H and O–H groups in total. The molecule has 0 aliphatic carbocycles. The summed E-state index contributed by atoms with van der Waals surface area (Å²) in [5, 5.41) is 6.51. The standard InChI is InChI=1S/C19H24FN3O/c1-14-9-16(7-8-18(14)20)12-23-19(21-2)22-11-15-5-4-6-17(10-15)13-24-3/h4-10H,11-13H2,1-3H3,(H2,21,22,23). The lowest BCUT2D eigenvalue weighted by atomic mass is 10.1. The molecule has 0 unspecified atom stereocenters. The van der Waals surface area contributed by atoms with Crippen LogP contribution in [0.5, 0.6) is 0 Å². The van der Waals surface area contributed by atoms with Crippen LogP contribution in [0.25, 0.3) is 0 Å². The molecule has 0 atom stereocenters. The van der Waals surface area contributed by atoms with Gasteiger partial charge in [0.25, 0.3) is 0 Å². The Balaban J connectivity index is 1.88. The first-order chi connectivity index (χ1) is 11.6. The molecule has 0 amide bonds. The first-order valence-electron chi connectivity index (χ1n) is 7.88. The van der Waals surface area contributed by atoms with E-state index in [1.54, 1.807) is 27.1 Å². The molecule has 0 aromatic heterocycles. The van der Waals surface area contributed by atoms with Crippen LogP contribution in [-0.2, 0) is 24.4 Å². The van der Waals surface area contributed by atoms with Gasteiger partial charge in [-0.15, -0.1) is 0 Å². The number of halogens is 1. The molecule has 0 heterocycles.